The van der Waals surface area contributed by atoms with Crippen molar-refractivity contribution in [3.05, 3.63) is 36.3 Å². The van der Waals surface area contributed by atoms with E-state index in [1.165, 1.54) is 0 Å². The molecule has 0 unspecified atom stereocenters. The second kappa shape index (κ2) is 10.2. The molecule has 2 heterocycles. The number of H-pyrrole nitrogens is 1. The van der Waals surface area contributed by atoms with Gasteiger partial charge in [-0.25, -0.2) is 15.0 Å². The Labute approximate surface area is 165 Å². The SMILES string of the molecule is CCCO[C@@H]1CC[C@H](C(=O)NCCc2ncc[nH]2)C[C@H]1Nc1ccnc(C)n1. The summed E-state index contributed by atoms with van der Waals surface area (Å²) in [5, 5.41) is 6.52. The van der Waals surface area contributed by atoms with Crippen molar-refractivity contribution in [3.8, 4) is 0 Å². The summed E-state index contributed by atoms with van der Waals surface area (Å²) >= 11 is 0. The zero-order valence-electron chi connectivity index (χ0n) is 16.6. The van der Waals surface area contributed by atoms with Gasteiger partial charge >= 0.3 is 0 Å². The number of aromatic nitrogens is 4. The highest BCUT2D eigenvalue weighted by Gasteiger charge is 2.34. The lowest BCUT2D eigenvalue weighted by Gasteiger charge is -2.36. The summed E-state index contributed by atoms with van der Waals surface area (Å²) in [6, 6.07) is 1.91. The van der Waals surface area contributed by atoms with Crippen molar-refractivity contribution in [3.63, 3.8) is 0 Å². The molecule has 1 fully saturated rings. The average molecular weight is 387 g/mol. The molecule has 1 aliphatic carbocycles. The molecule has 1 amide bonds. The Bertz CT molecular complexity index is 736. The summed E-state index contributed by atoms with van der Waals surface area (Å²) in [5.41, 5.74) is 0. The standard InChI is InChI=1S/C20H30N6O2/c1-3-12-28-17-5-4-15(20(27)24-9-6-18-22-10-11-23-18)13-16(17)26-19-7-8-21-14(2)25-19/h7-8,10-11,15-17H,3-6,9,12-13H2,1-2H3,(H,22,23)(H,24,27)(H,21,25,26)/t15-,16+,17+/m0/s1. The number of carbonyl (C=O) groups is 1. The minimum Gasteiger partial charge on any atom is -0.376 e. The molecule has 1 saturated carbocycles. The third-order valence-corrected chi connectivity index (χ3v) is 5.02. The fraction of sp³-hybridized carbons (Fsp3) is 0.600. The van der Waals surface area contributed by atoms with Gasteiger partial charge in [-0.15, -0.1) is 0 Å². The van der Waals surface area contributed by atoms with E-state index in [0.29, 0.717) is 13.0 Å². The van der Waals surface area contributed by atoms with Gasteiger partial charge < -0.3 is 20.4 Å². The molecule has 152 valence electrons. The number of ether oxygens (including phenoxy) is 1. The second-order valence-electron chi connectivity index (χ2n) is 7.24. The molecule has 0 spiro atoms. The average Bonchev–Trinajstić information content (AvgIpc) is 3.20. The van der Waals surface area contributed by atoms with Gasteiger partial charge in [-0.1, -0.05) is 6.92 Å². The van der Waals surface area contributed by atoms with Crippen LogP contribution in [0, 0.1) is 12.8 Å². The maximum absolute atomic E-state index is 12.7. The molecule has 0 aliphatic heterocycles. The number of carbonyl (C=O) groups excluding carboxylic acids is 1. The fourth-order valence-corrected chi connectivity index (χ4v) is 3.61. The van der Waals surface area contributed by atoms with Crippen LogP contribution in [0.5, 0.6) is 0 Å². The summed E-state index contributed by atoms with van der Waals surface area (Å²) in [6.07, 6.45) is 9.45. The lowest BCUT2D eigenvalue weighted by Crippen LogP contribution is -2.45. The molecule has 0 radical (unpaired) electrons. The number of nitrogens with one attached hydrogen (secondary N) is 3. The van der Waals surface area contributed by atoms with Crippen LogP contribution >= 0.6 is 0 Å². The molecule has 28 heavy (non-hydrogen) atoms. The highest BCUT2D eigenvalue weighted by molar-refractivity contribution is 5.78. The van der Waals surface area contributed by atoms with E-state index in [4.69, 9.17) is 4.74 Å². The van der Waals surface area contributed by atoms with Crippen molar-refractivity contribution in [2.24, 2.45) is 5.92 Å². The van der Waals surface area contributed by atoms with Crippen molar-refractivity contribution in [1.82, 2.24) is 25.3 Å². The second-order valence-corrected chi connectivity index (χ2v) is 7.24. The van der Waals surface area contributed by atoms with Crippen LogP contribution in [0.4, 0.5) is 5.82 Å². The van der Waals surface area contributed by atoms with E-state index in [1.807, 2.05) is 13.0 Å². The van der Waals surface area contributed by atoms with Crippen LogP contribution in [0.25, 0.3) is 0 Å². The van der Waals surface area contributed by atoms with E-state index in [1.54, 1.807) is 18.6 Å². The topological polar surface area (TPSA) is 105 Å². The number of rotatable bonds is 9. The molecule has 0 bridgehead atoms. The minimum absolute atomic E-state index is 0.0292. The number of imidazole rings is 1. The van der Waals surface area contributed by atoms with Crippen LogP contribution in [-0.4, -0.2) is 51.1 Å². The summed E-state index contributed by atoms with van der Waals surface area (Å²) in [7, 11) is 0. The molecular weight excluding hydrogens is 356 g/mol. The van der Waals surface area contributed by atoms with Crippen LogP contribution < -0.4 is 10.6 Å². The molecule has 8 heteroatoms. The van der Waals surface area contributed by atoms with Gasteiger partial charge in [-0.3, -0.25) is 4.79 Å². The molecule has 3 N–H and O–H groups in total. The van der Waals surface area contributed by atoms with Crippen LogP contribution in [0.2, 0.25) is 0 Å². The summed E-state index contributed by atoms with van der Waals surface area (Å²) < 4.78 is 6.06. The molecule has 0 saturated heterocycles. The Balaban J connectivity index is 1.57. The van der Waals surface area contributed by atoms with Gasteiger partial charge in [0.1, 0.15) is 17.5 Å². The minimum atomic E-state index is -0.0292. The van der Waals surface area contributed by atoms with Gasteiger partial charge in [0.15, 0.2) is 0 Å². The molecule has 2 aromatic heterocycles. The first-order chi connectivity index (χ1) is 13.7. The largest absolute Gasteiger partial charge is 0.376 e. The summed E-state index contributed by atoms with van der Waals surface area (Å²) in [5.74, 6) is 2.46. The number of aryl methyl sites for hydroxylation is 1. The van der Waals surface area contributed by atoms with Crippen LogP contribution in [-0.2, 0) is 16.0 Å². The van der Waals surface area contributed by atoms with Crippen molar-refractivity contribution < 1.29 is 9.53 Å². The maximum atomic E-state index is 12.7. The Morgan fingerprint density at radius 1 is 1.32 bits per heavy atom. The number of hydrogen-bond acceptors (Lipinski definition) is 6. The molecule has 3 rings (SSSR count). The van der Waals surface area contributed by atoms with Crippen LogP contribution in [0.15, 0.2) is 24.7 Å². The number of amides is 1. The normalized spacial score (nSPS) is 22.0. The predicted molar refractivity (Wildman–Crippen MR) is 107 cm³/mol. The maximum Gasteiger partial charge on any atom is 0.223 e. The van der Waals surface area contributed by atoms with E-state index >= 15 is 0 Å². The van der Waals surface area contributed by atoms with Crippen molar-refractivity contribution in [2.45, 2.75) is 58.1 Å². The lowest BCUT2D eigenvalue weighted by atomic mass is 9.83. The fourth-order valence-electron chi connectivity index (χ4n) is 3.61. The molecule has 3 atom stereocenters. The van der Waals surface area contributed by atoms with Crippen molar-refractivity contribution in [2.75, 3.05) is 18.5 Å². The van der Waals surface area contributed by atoms with Crippen molar-refractivity contribution >= 4 is 11.7 Å². The van der Waals surface area contributed by atoms with Crippen LogP contribution in [0.1, 0.15) is 44.3 Å². The van der Waals surface area contributed by atoms with Gasteiger partial charge in [0, 0.05) is 44.1 Å². The molecule has 1 aliphatic rings. The van der Waals surface area contributed by atoms with E-state index < -0.39 is 0 Å². The van der Waals surface area contributed by atoms with Gasteiger partial charge in [0.25, 0.3) is 0 Å². The van der Waals surface area contributed by atoms with E-state index in [2.05, 4.69) is 37.5 Å². The first kappa shape index (κ1) is 20.3. The monoisotopic (exact) mass is 386 g/mol. The lowest BCUT2D eigenvalue weighted by molar-refractivity contribution is -0.127. The quantitative estimate of drug-likeness (QED) is 0.610. The Morgan fingerprint density at radius 2 is 2.21 bits per heavy atom. The first-order valence-electron chi connectivity index (χ1n) is 10.1. The van der Waals surface area contributed by atoms with Gasteiger partial charge in [-0.2, -0.15) is 0 Å². The molecule has 2 aromatic rings. The van der Waals surface area contributed by atoms with Gasteiger partial charge in [0.2, 0.25) is 5.91 Å². The molecular formula is C20H30N6O2. The number of nitrogens with zero attached hydrogens (tertiary/aromatic N) is 3. The Hall–Kier alpha value is -2.48. The number of hydrogen-bond donors (Lipinski definition) is 3. The van der Waals surface area contributed by atoms with Gasteiger partial charge in [-0.05, 0) is 38.7 Å². The Morgan fingerprint density at radius 3 is 2.96 bits per heavy atom. The zero-order chi connectivity index (χ0) is 19.8. The molecule has 8 nitrogen and oxygen atoms in total. The number of aromatic amines is 1. The Kier molecular flexibility index (Phi) is 7.36. The third kappa shape index (κ3) is 5.76. The summed E-state index contributed by atoms with van der Waals surface area (Å²) in [4.78, 5) is 28.5. The zero-order valence-corrected chi connectivity index (χ0v) is 16.6. The first-order valence-corrected chi connectivity index (χ1v) is 10.1. The van der Waals surface area contributed by atoms with Gasteiger partial charge in [0.05, 0.1) is 12.1 Å². The highest BCUT2D eigenvalue weighted by Crippen LogP contribution is 2.29. The number of anilines is 1. The van der Waals surface area contributed by atoms with Crippen LogP contribution in [0.3, 0.4) is 0 Å². The van der Waals surface area contributed by atoms with Crippen molar-refractivity contribution in [1.29, 1.82) is 0 Å². The summed E-state index contributed by atoms with van der Waals surface area (Å²) in [6.45, 7) is 5.29. The highest BCUT2D eigenvalue weighted by atomic mass is 16.5. The molecule has 0 aromatic carbocycles. The predicted octanol–water partition coefficient (Wildman–Crippen LogP) is 2.24. The smallest absolute Gasteiger partial charge is 0.223 e. The van der Waals surface area contributed by atoms with E-state index in [9.17, 15) is 4.79 Å². The van der Waals surface area contributed by atoms with E-state index in [0.717, 1.165) is 49.8 Å². The third-order valence-electron chi connectivity index (χ3n) is 5.02. The van der Waals surface area contributed by atoms with E-state index in [-0.39, 0.29) is 24.0 Å².